The molecule has 2 heteroatoms. The van der Waals surface area contributed by atoms with Crippen molar-refractivity contribution in [1.29, 1.82) is 0 Å². The average Bonchev–Trinajstić information content (AvgIpc) is 3.82. The van der Waals surface area contributed by atoms with Gasteiger partial charge in [0, 0.05) is 21.7 Å². The lowest BCUT2D eigenvalue weighted by molar-refractivity contribution is 0.487. The van der Waals surface area contributed by atoms with E-state index in [9.17, 15) is 0 Å². The summed E-state index contributed by atoms with van der Waals surface area (Å²) in [6.07, 6.45) is 0. The SMILES string of the molecule is c1ccc(C2(c3ccccc3)c3ccccc3-c3c2cc2cc(-c4ccc5c6c(cccc46)-c4ccccc4O5)ccc2c3-c2ccc3oc4ccccc4c3c2)cc1. The highest BCUT2D eigenvalue weighted by atomic mass is 16.5. The molecule has 0 saturated carbocycles. The summed E-state index contributed by atoms with van der Waals surface area (Å²) in [6.45, 7) is 0. The maximum atomic E-state index is 6.51. The lowest BCUT2D eigenvalue weighted by Crippen LogP contribution is -2.28. The number of fused-ring (bicyclic) bond motifs is 9. The number of furan rings is 1. The third-order valence-electron chi connectivity index (χ3n) is 12.9. The molecule has 0 amide bonds. The molecule has 0 bridgehead atoms. The zero-order valence-electron chi connectivity index (χ0n) is 31.9. The van der Waals surface area contributed by atoms with Crippen LogP contribution in [0.4, 0.5) is 0 Å². The molecule has 0 radical (unpaired) electrons. The molecule has 0 spiro atoms. The smallest absolute Gasteiger partial charge is 0.135 e. The molecule has 2 heterocycles. The van der Waals surface area contributed by atoms with Gasteiger partial charge in [-0.3, -0.25) is 0 Å². The highest BCUT2D eigenvalue weighted by Crippen LogP contribution is 2.60. The predicted molar refractivity (Wildman–Crippen MR) is 242 cm³/mol. The topological polar surface area (TPSA) is 22.4 Å². The maximum absolute atomic E-state index is 6.51. The Bertz CT molecular complexity index is 3480. The monoisotopic (exact) mass is 750 g/mol. The largest absolute Gasteiger partial charge is 0.456 e. The van der Waals surface area contributed by atoms with Gasteiger partial charge in [0.15, 0.2) is 0 Å². The zero-order chi connectivity index (χ0) is 38.7. The molecule has 59 heavy (non-hydrogen) atoms. The van der Waals surface area contributed by atoms with E-state index in [1.165, 1.54) is 77.4 Å². The van der Waals surface area contributed by atoms with Crippen molar-refractivity contribution >= 4 is 43.5 Å². The zero-order valence-corrected chi connectivity index (χ0v) is 31.9. The molecule has 1 aliphatic heterocycles. The van der Waals surface area contributed by atoms with Crippen molar-refractivity contribution < 1.29 is 9.15 Å². The molecule has 0 fully saturated rings. The standard InChI is InChI=1S/C57H34O2/c1-3-14-38(15-4-1)57(39-16-5-2-6-17-39)48-23-10-7-20-46(48)56-49(57)34-37-32-35(40-29-31-53-55-44(40)21-13-22-45(55)42-18-8-11-24-50(42)59-53)26-28-41(37)54(56)36-27-30-52-47(33-36)43-19-9-12-25-51(43)58-52/h1-34H. The van der Waals surface area contributed by atoms with Gasteiger partial charge in [0.25, 0.3) is 0 Å². The van der Waals surface area contributed by atoms with Crippen molar-refractivity contribution in [1.82, 2.24) is 0 Å². The van der Waals surface area contributed by atoms with Crippen LogP contribution in [0.5, 0.6) is 11.5 Å². The van der Waals surface area contributed by atoms with Crippen LogP contribution in [0.1, 0.15) is 22.3 Å². The molecular weight excluding hydrogens is 717 g/mol. The maximum Gasteiger partial charge on any atom is 0.135 e. The minimum absolute atomic E-state index is 0.551. The first-order valence-corrected chi connectivity index (χ1v) is 20.3. The Labute approximate surface area is 341 Å². The van der Waals surface area contributed by atoms with Gasteiger partial charge in [-0.05, 0) is 120 Å². The van der Waals surface area contributed by atoms with Crippen molar-refractivity contribution in [2.24, 2.45) is 0 Å². The lowest BCUT2D eigenvalue weighted by Gasteiger charge is -2.34. The number of rotatable bonds is 4. The fourth-order valence-corrected chi connectivity index (χ4v) is 10.5. The third-order valence-corrected chi connectivity index (χ3v) is 12.9. The Hall–Kier alpha value is -7.68. The summed E-state index contributed by atoms with van der Waals surface area (Å²) in [7, 11) is 0. The summed E-state index contributed by atoms with van der Waals surface area (Å²) in [6, 6.07) is 75.3. The van der Waals surface area contributed by atoms with Gasteiger partial charge >= 0.3 is 0 Å². The second-order valence-corrected chi connectivity index (χ2v) is 15.9. The highest BCUT2D eigenvalue weighted by molar-refractivity contribution is 6.15. The minimum atomic E-state index is -0.551. The molecular formula is C57H34O2. The molecule has 0 saturated heterocycles. The second kappa shape index (κ2) is 12.2. The van der Waals surface area contributed by atoms with Crippen LogP contribution in [0.2, 0.25) is 0 Å². The first-order chi connectivity index (χ1) is 29.3. The van der Waals surface area contributed by atoms with Crippen LogP contribution in [-0.2, 0) is 5.41 Å². The normalized spacial score (nSPS) is 13.4. The van der Waals surface area contributed by atoms with Crippen LogP contribution < -0.4 is 4.74 Å². The molecule has 274 valence electrons. The Morgan fingerprint density at radius 2 is 1.02 bits per heavy atom. The Kier molecular flexibility index (Phi) is 6.68. The molecule has 2 nitrogen and oxygen atoms in total. The lowest BCUT2D eigenvalue weighted by atomic mass is 9.67. The van der Waals surface area contributed by atoms with Gasteiger partial charge in [0.2, 0.25) is 0 Å². The van der Waals surface area contributed by atoms with Crippen molar-refractivity contribution in [2.45, 2.75) is 5.41 Å². The van der Waals surface area contributed by atoms with Crippen LogP contribution in [0, 0.1) is 0 Å². The van der Waals surface area contributed by atoms with Gasteiger partial charge in [0.05, 0.1) is 5.41 Å². The molecule has 0 N–H and O–H groups in total. The van der Waals surface area contributed by atoms with E-state index in [4.69, 9.17) is 9.15 Å². The van der Waals surface area contributed by atoms with Crippen LogP contribution in [0.25, 0.3) is 88.0 Å². The molecule has 11 aromatic rings. The number of hydrogen-bond donors (Lipinski definition) is 0. The van der Waals surface area contributed by atoms with Crippen LogP contribution >= 0.6 is 0 Å². The number of para-hydroxylation sites is 2. The van der Waals surface area contributed by atoms with Crippen molar-refractivity contribution in [3.05, 3.63) is 229 Å². The van der Waals surface area contributed by atoms with E-state index >= 15 is 0 Å². The summed E-state index contributed by atoms with van der Waals surface area (Å²) in [5.41, 5.74) is 16.0. The molecule has 0 unspecified atom stereocenters. The van der Waals surface area contributed by atoms with Gasteiger partial charge in [-0.15, -0.1) is 0 Å². The van der Waals surface area contributed by atoms with Crippen LogP contribution in [0.3, 0.4) is 0 Å². The van der Waals surface area contributed by atoms with Gasteiger partial charge in [-0.1, -0.05) is 164 Å². The summed E-state index contributed by atoms with van der Waals surface area (Å²) < 4.78 is 12.9. The summed E-state index contributed by atoms with van der Waals surface area (Å²) >= 11 is 0. The van der Waals surface area contributed by atoms with Crippen LogP contribution in [0.15, 0.2) is 211 Å². The molecule has 10 aromatic carbocycles. The highest BCUT2D eigenvalue weighted by Gasteiger charge is 2.47. The van der Waals surface area contributed by atoms with E-state index in [1.54, 1.807) is 0 Å². The molecule has 13 rings (SSSR count). The van der Waals surface area contributed by atoms with Gasteiger partial charge in [0.1, 0.15) is 22.7 Å². The summed E-state index contributed by atoms with van der Waals surface area (Å²) in [5.74, 6) is 1.80. The number of benzene rings is 10. The molecule has 2 aliphatic rings. The first-order valence-electron chi connectivity index (χ1n) is 20.3. The Morgan fingerprint density at radius 1 is 0.339 bits per heavy atom. The van der Waals surface area contributed by atoms with E-state index in [1.807, 2.05) is 12.1 Å². The van der Waals surface area contributed by atoms with E-state index in [2.05, 4.69) is 194 Å². The number of hydrogen-bond acceptors (Lipinski definition) is 2. The molecule has 1 aromatic heterocycles. The molecule has 0 atom stereocenters. The predicted octanol–water partition coefficient (Wildman–Crippen LogP) is 15.4. The fraction of sp³-hybridized carbons (Fsp3) is 0.0175. The summed E-state index contributed by atoms with van der Waals surface area (Å²) in [5, 5.41) is 6.99. The van der Waals surface area contributed by atoms with Crippen molar-refractivity contribution in [3.8, 4) is 56.0 Å². The Morgan fingerprint density at radius 3 is 1.86 bits per heavy atom. The van der Waals surface area contributed by atoms with E-state index < -0.39 is 5.41 Å². The van der Waals surface area contributed by atoms with Crippen molar-refractivity contribution in [3.63, 3.8) is 0 Å². The van der Waals surface area contributed by atoms with Crippen LogP contribution in [-0.4, -0.2) is 0 Å². The summed E-state index contributed by atoms with van der Waals surface area (Å²) in [4.78, 5) is 0. The first kappa shape index (κ1) is 32.4. The average molecular weight is 751 g/mol. The van der Waals surface area contributed by atoms with E-state index in [-0.39, 0.29) is 0 Å². The van der Waals surface area contributed by atoms with Crippen molar-refractivity contribution in [2.75, 3.05) is 0 Å². The number of ether oxygens (including phenoxy) is 1. The van der Waals surface area contributed by atoms with Gasteiger partial charge in [-0.25, -0.2) is 0 Å². The fourth-order valence-electron chi connectivity index (χ4n) is 10.5. The third kappa shape index (κ3) is 4.46. The van der Waals surface area contributed by atoms with E-state index in [0.29, 0.717) is 0 Å². The minimum Gasteiger partial charge on any atom is -0.456 e. The van der Waals surface area contributed by atoms with E-state index in [0.717, 1.165) is 44.4 Å². The van der Waals surface area contributed by atoms with Gasteiger partial charge in [-0.2, -0.15) is 0 Å². The Balaban J connectivity index is 1.14. The molecule has 1 aliphatic carbocycles. The van der Waals surface area contributed by atoms with Gasteiger partial charge < -0.3 is 9.15 Å². The quantitative estimate of drug-likeness (QED) is 0.179. The second-order valence-electron chi connectivity index (χ2n) is 15.9.